The smallest absolute Gasteiger partial charge is 0.227 e. The maximum absolute atomic E-state index is 13.1. The van der Waals surface area contributed by atoms with Gasteiger partial charge in [-0.05, 0) is 64.0 Å². The number of carbonyl (C=O) groups excluding carboxylic acids is 1. The lowest BCUT2D eigenvalue weighted by Gasteiger charge is -2.37. The van der Waals surface area contributed by atoms with Crippen LogP contribution in [0.15, 0.2) is 24.3 Å². The molecule has 143 valence electrons. The van der Waals surface area contributed by atoms with Gasteiger partial charge < -0.3 is 10.6 Å². The van der Waals surface area contributed by atoms with Crippen molar-refractivity contribution < 1.29 is 10.0 Å². The van der Waals surface area contributed by atoms with Crippen LogP contribution in [0.25, 0.3) is 0 Å². The molecule has 0 bridgehead atoms. The van der Waals surface area contributed by atoms with Crippen molar-refractivity contribution in [1.82, 2.24) is 9.96 Å². The largest absolute Gasteiger partial charge is 0.342 e. The fraction of sp³-hybridized carbons (Fsp3) is 0.667. The Kier molecular flexibility index (Phi) is 5.17. The van der Waals surface area contributed by atoms with Gasteiger partial charge >= 0.3 is 0 Å². The van der Waals surface area contributed by atoms with Crippen LogP contribution in [-0.4, -0.2) is 40.0 Å². The summed E-state index contributed by atoms with van der Waals surface area (Å²) >= 11 is 0. The summed E-state index contributed by atoms with van der Waals surface area (Å²) in [4.78, 5) is 15.1. The summed E-state index contributed by atoms with van der Waals surface area (Å²) in [5, 5.41) is 13.7. The van der Waals surface area contributed by atoms with E-state index in [9.17, 15) is 10.0 Å². The van der Waals surface area contributed by atoms with Crippen molar-refractivity contribution in [3.05, 3.63) is 35.4 Å². The number of hydrogen-bond donors (Lipinski definition) is 1. The second kappa shape index (κ2) is 6.95. The molecule has 1 unspecified atom stereocenters. The number of hydroxylamine groups is 2. The van der Waals surface area contributed by atoms with Crippen molar-refractivity contribution in [2.24, 2.45) is 11.7 Å². The van der Waals surface area contributed by atoms with Crippen LogP contribution in [0.4, 0.5) is 0 Å². The number of nitrogens with two attached hydrogens (primary N) is 1. The molecule has 1 radical (unpaired) electrons. The fourth-order valence-electron chi connectivity index (χ4n) is 4.77. The number of hydrogen-bond acceptors (Lipinski definition) is 3. The Hall–Kier alpha value is -1.43. The predicted molar refractivity (Wildman–Crippen MR) is 102 cm³/mol. The lowest BCUT2D eigenvalue weighted by atomic mass is 9.84. The van der Waals surface area contributed by atoms with E-state index < -0.39 is 11.1 Å². The third-order valence-corrected chi connectivity index (χ3v) is 6.39. The van der Waals surface area contributed by atoms with Crippen LogP contribution in [0.2, 0.25) is 0 Å². The second-order valence-electron chi connectivity index (χ2n) is 9.07. The Labute approximate surface area is 157 Å². The van der Waals surface area contributed by atoms with Crippen molar-refractivity contribution in [3.8, 4) is 0 Å². The molecule has 0 aliphatic carbocycles. The van der Waals surface area contributed by atoms with Crippen molar-refractivity contribution in [3.63, 3.8) is 0 Å². The first kappa shape index (κ1) is 19.3. The number of benzene rings is 1. The van der Waals surface area contributed by atoms with Gasteiger partial charge in [0.1, 0.15) is 0 Å². The molecule has 2 fully saturated rings. The second-order valence-corrected chi connectivity index (χ2v) is 9.07. The van der Waals surface area contributed by atoms with Gasteiger partial charge in [-0.1, -0.05) is 24.3 Å². The Bertz CT molecular complexity index is 663. The predicted octanol–water partition coefficient (Wildman–Crippen LogP) is 3.08. The molecule has 5 nitrogen and oxygen atoms in total. The molecule has 2 aliphatic heterocycles. The van der Waals surface area contributed by atoms with E-state index in [1.165, 1.54) is 5.56 Å². The number of nitrogens with zero attached hydrogens (tertiary/aromatic N) is 2. The average Bonchev–Trinajstić information content (AvgIpc) is 2.80. The minimum Gasteiger partial charge on any atom is -0.342 e. The van der Waals surface area contributed by atoms with Gasteiger partial charge in [-0.25, -0.2) is 0 Å². The van der Waals surface area contributed by atoms with Crippen LogP contribution in [0.1, 0.15) is 64.0 Å². The van der Waals surface area contributed by atoms with Crippen molar-refractivity contribution in [1.29, 1.82) is 0 Å². The first-order valence-electron chi connectivity index (χ1n) is 9.72. The van der Waals surface area contributed by atoms with Crippen LogP contribution < -0.4 is 5.73 Å². The zero-order valence-electron chi connectivity index (χ0n) is 16.5. The van der Waals surface area contributed by atoms with Crippen LogP contribution in [0, 0.1) is 5.92 Å². The molecule has 1 atom stereocenters. The monoisotopic (exact) mass is 358 g/mol. The highest BCUT2D eigenvalue weighted by molar-refractivity contribution is 5.81. The number of rotatable bonds is 3. The molecule has 2 heterocycles. The van der Waals surface area contributed by atoms with E-state index in [4.69, 9.17) is 5.73 Å². The van der Waals surface area contributed by atoms with E-state index in [2.05, 4.69) is 24.3 Å². The quantitative estimate of drug-likeness (QED) is 0.903. The summed E-state index contributed by atoms with van der Waals surface area (Å²) < 4.78 is 0. The molecular formula is C21H32N3O2. The van der Waals surface area contributed by atoms with E-state index in [1.54, 1.807) is 0 Å². The summed E-state index contributed by atoms with van der Waals surface area (Å²) in [5.74, 6) is 0.400. The molecule has 1 amide bonds. The van der Waals surface area contributed by atoms with E-state index in [1.807, 2.05) is 32.6 Å². The summed E-state index contributed by atoms with van der Waals surface area (Å²) in [7, 11) is 0. The van der Waals surface area contributed by atoms with Crippen LogP contribution in [0.3, 0.4) is 0 Å². The van der Waals surface area contributed by atoms with Gasteiger partial charge in [-0.2, -0.15) is 0 Å². The standard InChI is InChI=1S/C21H32N3O2/c1-20(2)13-18(21(3,4)24(20)26)19(25)23-10-8-16(9-11-23)17-7-5-6-15(12-17)14-22/h5-7,12,16,18H,8-11,13-14,22H2,1-4H3. The molecule has 0 saturated carbocycles. The third-order valence-electron chi connectivity index (χ3n) is 6.39. The zero-order chi connectivity index (χ0) is 19.1. The van der Waals surface area contributed by atoms with Crippen LogP contribution in [-0.2, 0) is 16.5 Å². The molecule has 1 aromatic rings. The number of carbonyl (C=O) groups is 1. The SMILES string of the molecule is CC1(C)CC(C(=O)N2CCC(c3cccc(CN)c3)CC2)C(C)(C)N1[O]. The van der Waals surface area contributed by atoms with Crippen molar-refractivity contribution in [2.45, 2.75) is 70.5 Å². The summed E-state index contributed by atoms with van der Waals surface area (Å²) in [6.07, 6.45) is 2.57. The Morgan fingerprint density at radius 3 is 2.38 bits per heavy atom. The number of piperidine rings is 1. The maximum atomic E-state index is 13.1. The topological polar surface area (TPSA) is 69.5 Å². The summed E-state index contributed by atoms with van der Waals surface area (Å²) in [6, 6.07) is 8.49. The Balaban J connectivity index is 1.65. The Morgan fingerprint density at radius 1 is 1.19 bits per heavy atom. The molecule has 1 aromatic carbocycles. The van der Waals surface area contributed by atoms with Gasteiger partial charge in [0.05, 0.1) is 11.5 Å². The van der Waals surface area contributed by atoms with E-state index in [-0.39, 0.29) is 11.8 Å². The molecule has 0 aromatic heterocycles. The van der Waals surface area contributed by atoms with Crippen molar-refractivity contribution in [2.75, 3.05) is 13.1 Å². The van der Waals surface area contributed by atoms with Gasteiger partial charge in [-0.3, -0.25) is 4.79 Å². The first-order valence-corrected chi connectivity index (χ1v) is 9.72. The Morgan fingerprint density at radius 2 is 1.85 bits per heavy atom. The maximum Gasteiger partial charge on any atom is 0.227 e. The molecule has 5 heteroatoms. The van der Waals surface area contributed by atoms with Gasteiger partial charge in [0.2, 0.25) is 5.91 Å². The fourth-order valence-corrected chi connectivity index (χ4v) is 4.77. The molecule has 26 heavy (non-hydrogen) atoms. The molecule has 2 aliphatic rings. The highest BCUT2D eigenvalue weighted by Gasteiger charge is 2.56. The van der Waals surface area contributed by atoms with Crippen LogP contribution >= 0.6 is 0 Å². The average molecular weight is 359 g/mol. The lowest BCUT2D eigenvalue weighted by molar-refractivity contribution is -0.248. The summed E-state index contributed by atoms with van der Waals surface area (Å²) in [6.45, 7) is 9.77. The van der Waals surface area contributed by atoms with Gasteiger partial charge in [0.25, 0.3) is 0 Å². The van der Waals surface area contributed by atoms with E-state index >= 15 is 0 Å². The summed E-state index contributed by atoms with van der Waals surface area (Å²) in [5.41, 5.74) is 7.11. The highest BCUT2D eigenvalue weighted by Crippen LogP contribution is 2.45. The zero-order valence-corrected chi connectivity index (χ0v) is 16.5. The minimum absolute atomic E-state index is 0.149. The number of amides is 1. The molecular weight excluding hydrogens is 326 g/mol. The van der Waals surface area contributed by atoms with Crippen LogP contribution in [0.5, 0.6) is 0 Å². The lowest BCUT2D eigenvalue weighted by Crippen LogP contribution is -2.50. The van der Waals surface area contributed by atoms with Gasteiger partial charge in [0.15, 0.2) is 0 Å². The van der Waals surface area contributed by atoms with E-state index in [0.717, 1.165) is 36.6 Å². The first-order chi connectivity index (χ1) is 12.2. The molecule has 2 saturated heterocycles. The highest BCUT2D eigenvalue weighted by atomic mass is 16.5. The molecule has 3 rings (SSSR count). The minimum atomic E-state index is -0.646. The van der Waals surface area contributed by atoms with Crippen molar-refractivity contribution >= 4 is 5.91 Å². The third kappa shape index (κ3) is 3.40. The van der Waals surface area contributed by atoms with E-state index in [0.29, 0.717) is 18.9 Å². The van der Waals surface area contributed by atoms with Gasteiger partial charge in [0, 0.05) is 25.2 Å². The molecule has 2 N–H and O–H groups in total. The number of likely N-dealkylation sites (tertiary alicyclic amines) is 1. The van der Waals surface area contributed by atoms with Gasteiger partial charge in [-0.15, -0.1) is 10.3 Å². The normalized spacial score (nSPS) is 26.2. The molecule has 0 spiro atoms.